The topological polar surface area (TPSA) is 88.9 Å². The number of hydrogen-bond acceptors (Lipinski definition) is 5. The Morgan fingerprint density at radius 1 is 1.12 bits per heavy atom. The van der Waals surface area contributed by atoms with Gasteiger partial charge < -0.3 is 15.2 Å². The Hall–Kier alpha value is -3.05. The van der Waals surface area contributed by atoms with Crippen LogP contribution < -0.4 is 10.6 Å². The largest absolute Gasteiger partial charge is 0.346 e. The maximum atomic E-state index is 13.6. The van der Waals surface area contributed by atoms with Gasteiger partial charge >= 0.3 is 0 Å². The maximum Gasteiger partial charge on any atom is 0.243 e. The Balaban J connectivity index is 1.57. The number of thioether (sulfide) groups is 1. The summed E-state index contributed by atoms with van der Waals surface area (Å²) in [6.45, 7) is 1.11. The molecule has 0 aliphatic rings. The van der Waals surface area contributed by atoms with E-state index in [-0.39, 0.29) is 0 Å². The highest BCUT2D eigenvalue weighted by molar-refractivity contribution is 8.00. The minimum atomic E-state index is -1.70. The summed E-state index contributed by atoms with van der Waals surface area (Å²) in [6, 6.07) is 8.70. The molecule has 1 atom stereocenters. The third-order valence-electron chi connectivity index (χ3n) is 4.33. The van der Waals surface area contributed by atoms with Gasteiger partial charge in [-0.05, 0) is 31.2 Å². The number of aromatic nitrogens is 3. The smallest absolute Gasteiger partial charge is 0.243 e. The Bertz CT molecular complexity index is 1170. The third-order valence-corrected chi connectivity index (χ3v) is 5.80. The van der Waals surface area contributed by atoms with Crippen molar-refractivity contribution in [3.8, 4) is 11.4 Å². The molecule has 3 aromatic rings. The van der Waals surface area contributed by atoms with Crippen LogP contribution in [0.3, 0.4) is 0 Å². The minimum Gasteiger partial charge on any atom is -0.346 e. The van der Waals surface area contributed by atoms with E-state index in [0.29, 0.717) is 27.6 Å². The predicted octanol–water partition coefficient (Wildman–Crippen LogP) is 3.79. The molecule has 7 nitrogen and oxygen atoms in total. The van der Waals surface area contributed by atoms with Crippen LogP contribution in [-0.4, -0.2) is 38.4 Å². The average Bonchev–Trinajstić information content (AvgIpc) is 3.12. The maximum absolute atomic E-state index is 13.6. The number of nitrogens with zero attached hydrogens (tertiary/aromatic N) is 3. The van der Waals surface area contributed by atoms with Crippen LogP contribution in [0.2, 0.25) is 5.02 Å². The van der Waals surface area contributed by atoms with Gasteiger partial charge in [0.2, 0.25) is 11.8 Å². The van der Waals surface area contributed by atoms with Crippen molar-refractivity contribution in [1.29, 1.82) is 0 Å². The summed E-state index contributed by atoms with van der Waals surface area (Å²) in [6.07, 6.45) is 0. The fourth-order valence-electron chi connectivity index (χ4n) is 2.63. The molecule has 2 amide bonds. The first-order valence-electron chi connectivity index (χ1n) is 9.21. The lowest BCUT2D eigenvalue weighted by molar-refractivity contribution is -0.123. The summed E-state index contributed by atoms with van der Waals surface area (Å²) in [5.41, 5.74) is 0.158. The van der Waals surface area contributed by atoms with Crippen LogP contribution in [0, 0.1) is 17.5 Å². The zero-order valence-corrected chi connectivity index (χ0v) is 18.4. The zero-order valence-electron chi connectivity index (χ0n) is 16.8. The molecular weight excluding hydrogens is 467 g/mol. The van der Waals surface area contributed by atoms with Crippen molar-refractivity contribution in [2.45, 2.75) is 17.3 Å². The van der Waals surface area contributed by atoms with Crippen LogP contribution in [0.5, 0.6) is 0 Å². The zero-order chi connectivity index (χ0) is 23.4. The average molecular weight is 484 g/mol. The summed E-state index contributed by atoms with van der Waals surface area (Å²) in [4.78, 5) is 24.3. The Morgan fingerprint density at radius 2 is 1.84 bits per heavy atom. The number of benzene rings is 2. The lowest BCUT2D eigenvalue weighted by Crippen LogP contribution is -2.37. The molecule has 0 aliphatic heterocycles. The van der Waals surface area contributed by atoms with Crippen LogP contribution in [0.4, 0.5) is 18.9 Å². The SMILES string of the molecule is CC(Sc1nnc(-c2ccccc2Cl)n1C)C(=O)NCC(=O)Nc1ccc(F)c(F)c1F. The molecule has 2 N–H and O–H groups in total. The van der Waals surface area contributed by atoms with Crippen molar-refractivity contribution in [1.82, 2.24) is 20.1 Å². The van der Waals surface area contributed by atoms with E-state index in [1.165, 1.54) is 0 Å². The van der Waals surface area contributed by atoms with Gasteiger partial charge in [0.15, 0.2) is 28.4 Å². The molecule has 1 aromatic heterocycles. The Kier molecular flexibility index (Phi) is 7.41. The Labute approximate surface area is 190 Å². The van der Waals surface area contributed by atoms with Crippen LogP contribution in [0.25, 0.3) is 11.4 Å². The summed E-state index contributed by atoms with van der Waals surface area (Å²) in [7, 11) is 1.73. The number of halogens is 4. The number of carbonyl (C=O) groups excluding carboxylic acids is 2. The molecule has 32 heavy (non-hydrogen) atoms. The third kappa shape index (κ3) is 5.22. The van der Waals surface area contributed by atoms with E-state index < -0.39 is 46.7 Å². The summed E-state index contributed by atoms with van der Waals surface area (Å²) in [5, 5.41) is 13.0. The highest BCUT2D eigenvalue weighted by atomic mass is 35.5. The molecule has 12 heteroatoms. The number of amides is 2. The fourth-order valence-corrected chi connectivity index (χ4v) is 3.69. The highest BCUT2D eigenvalue weighted by Crippen LogP contribution is 2.29. The van der Waals surface area contributed by atoms with Gasteiger partial charge in [-0.2, -0.15) is 0 Å². The van der Waals surface area contributed by atoms with Gasteiger partial charge in [0, 0.05) is 12.6 Å². The number of hydrogen-bond donors (Lipinski definition) is 2. The summed E-state index contributed by atoms with van der Waals surface area (Å²) < 4.78 is 41.5. The fraction of sp³-hybridized carbons (Fsp3) is 0.200. The number of rotatable bonds is 7. The monoisotopic (exact) mass is 483 g/mol. The number of anilines is 1. The molecule has 2 aromatic carbocycles. The number of carbonyl (C=O) groups is 2. The molecule has 0 fully saturated rings. The highest BCUT2D eigenvalue weighted by Gasteiger charge is 2.21. The van der Waals surface area contributed by atoms with Crippen LogP contribution in [0.15, 0.2) is 41.6 Å². The second-order valence-electron chi connectivity index (χ2n) is 6.59. The van der Waals surface area contributed by atoms with Crippen molar-refractivity contribution in [2.24, 2.45) is 7.05 Å². The van der Waals surface area contributed by atoms with E-state index in [4.69, 9.17) is 11.6 Å². The number of nitrogens with one attached hydrogen (secondary N) is 2. The molecule has 0 radical (unpaired) electrons. The van der Waals surface area contributed by atoms with Gasteiger partial charge in [0.25, 0.3) is 0 Å². The first-order valence-corrected chi connectivity index (χ1v) is 10.5. The lowest BCUT2D eigenvalue weighted by Gasteiger charge is -2.12. The molecule has 1 heterocycles. The second kappa shape index (κ2) is 10.0. The van der Waals surface area contributed by atoms with E-state index in [2.05, 4.69) is 20.8 Å². The van der Waals surface area contributed by atoms with Crippen LogP contribution in [-0.2, 0) is 16.6 Å². The van der Waals surface area contributed by atoms with Crippen molar-refractivity contribution in [2.75, 3.05) is 11.9 Å². The minimum absolute atomic E-state index is 0.455. The Morgan fingerprint density at radius 3 is 2.56 bits per heavy atom. The van der Waals surface area contributed by atoms with E-state index in [9.17, 15) is 22.8 Å². The van der Waals surface area contributed by atoms with Gasteiger partial charge in [-0.25, -0.2) is 13.2 Å². The molecule has 0 aliphatic carbocycles. The first-order chi connectivity index (χ1) is 15.2. The van der Waals surface area contributed by atoms with E-state index in [0.717, 1.165) is 17.8 Å². The quantitative estimate of drug-likeness (QED) is 0.394. The predicted molar refractivity (Wildman–Crippen MR) is 115 cm³/mol. The molecular formula is C20H17ClF3N5O2S. The standard InChI is InChI=1S/C20H17ClF3N5O2S/c1-10(32-20-28-27-18(29(20)2)11-5-3-4-6-12(11)21)19(31)25-9-15(30)26-14-8-7-13(22)16(23)17(14)24/h3-8,10H,9H2,1-2H3,(H,25,31)(H,26,30). The molecule has 0 bridgehead atoms. The normalized spacial score (nSPS) is 11.8. The van der Waals surface area contributed by atoms with E-state index in [1.807, 2.05) is 6.07 Å². The summed E-state index contributed by atoms with van der Waals surface area (Å²) >= 11 is 7.31. The summed E-state index contributed by atoms with van der Waals surface area (Å²) in [5.74, 6) is -5.36. The van der Waals surface area contributed by atoms with E-state index >= 15 is 0 Å². The van der Waals surface area contributed by atoms with Gasteiger partial charge in [-0.1, -0.05) is 35.5 Å². The second-order valence-corrected chi connectivity index (χ2v) is 8.31. The lowest BCUT2D eigenvalue weighted by atomic mass is 10.2. The molecule has 0 spiro atoms. The molecule has 0 saturated carbocycles. The first kappa shape index (κ1) is 23.6. The van der Waals surface area contributed by atoms with Crippen LogP contribution in [0.1, 0.15) is 6.92 Å². The molecule has 0 saturated heterocycles. The van der Waals surface area contributed by atoms with Gasteiger partial charge in [-0.15, -0.1) is 10.2 Å². The van der Waals surface area contributed by atoms with Crippen molar-refractivity contribution < 1.29 is 22.8 Å². The van der Waals surface area contributed by atoms with Gasteiger partial charge in [0.1, 0.15) is 0 Å². The molecule has 168 valence electrons. The molecule has 1 unspecified atom stereocenters. The van der Waals surface area contributed by atoms with Crippen molar-refractivity contribution in [3.05, 3.63) is 58.9 Å². The van der Waals surface area contributed by atoms with Gasteiger partial charge in [0.05, 0.1) is 22.5 Å². The molecule has 3 rings (SSSR count). The van der Waals surface area contributed by atoms with Crippen molar-refractivity contribution >= 4 is 40.9 Å². The van der Waals surface area contributed by atoms with Gasteiger partial charge in [-0.3, -0.25) is 9.59 Å². The van der Waals surface area contributed by atoms with Crippen LogP contribution >= 0.6 is 23.4 Å². The van der Waals surface area contributed by atoms with Crippen molar-refractivity contribution in [3.63, 3.8) is 0 Å². The van der Waals surface area contributed by atoms with E-state index in [1.54, 1.807) is 36.7 Å².